The van der Waals surface area contributed by atoms with E-state index in [9.17, 15) is 35.9 Å². The molecule has 11 heteroatoms. The van der Waals surface area contributed by atoms with Crippen LogP contribution in [0.5, 0.6) is 0 Å². The summed E-state index contributed by atoms with van der Waals surface area (Å²) >= 11 is 0. The maximum Gasteiger partial charge on any atom is 0.416 e. The van der Waals surface area contributed by atoms with Gasteiger partial charge in [0, 0.05) is 31.1 Å². The van der Waals surface area contributed by atoms with Gasteiger partial charge in [-0.05, 0) is 54.8 Å². The lowest BCUT2D eigenvalue weighted by atomic mass is 9.94. The molecule has 0 saturated carbocycles. The highest BCUT2D eigenvalue weighted by Gasteiger charge is 2.37. The first-order chi connectivity index (χ1) is 16.4. The number of benzene rings is 2. The molecule has 0 aliphatic carbocycles. The smallest absolute Gasteiger partial charge is 0.339 e. The third-order valence-electron chi connectivity index (χ3n) is 5.73. The maximum absolute atomic E-state index is 13.2. The van der Waals surface area contributed by atoms with Crippen LogP contribution >= 0.6 is 0 Å². The van der Waals surface area contributed by atoms with Crippen molar-refractivity contribution in [2.45, 2.75) is 31.7 Å². The van der Waals surface area contributed by atoms with Gasteiger partial charge in [0.1, 0.15) is 6.54 Å². The van der Waals surface area contributed by atoms with Crippen LogP contribution in [0.2, 0.25) is 0 Å². The number of hydrogen-bond acceptors (Lipinski definition) is 3. The van der Waals surface area contributed by atoms with Gasteiger partial charge < -0.3 is 9.80 Å². The Kier molecular flexibility index (Phi) is 7.73. The van der Waals surface area contributed by atoms with Gasteiger partial charge in [0.15, 0.2) is 0 Å². The van der Waals surface area contributed by atoms with Gasteiger partial charge in [0.25, 0.3) is 5.91 Å². The highest BCUT2D eigenvalue weighted by atomic mass is 19.4. The average Bonchev–Trinajstić information content (AvgIpc) is 2.82. The number of halogens is 6. The van der Waals surface area contributed by atoms with E-state index in [-0.39, 0.29) is 38.0 Å². The number of amides is 2. The number of nitriles is 1. The quantitative estimate of drug-likeness (QED) is 0.545. The van der Waals surface area contributed by atoms with Crippen LogP contribution in [0.25, 0.3) is 0 Å². The molecule has 3 rings (SSSR count). The third kappa shape index (κ3) is 6.97. The van der Waals surface area contributed by atoms with Crippen molar-refractivity contribution in [2.24, 2.45) is 5.92 Å². The molecular weight excluding hydrogens is 476 g/mol. The summed E-state index contributed by atoms with van der Waals surface area (Å²) in [5.41, 5.74) is -0.0447. The lowest BCUT2D eigenvalue weighted by molar-refractivity contribution is -0.165. The van der Waals surface area contributed by atoms with Crippen molar-refractivity contribution in [3.63, 3.8) is 0 Å². The molecule has 1 fully saturated rings. The number of hydrogen-bond donors (Lipinski definition) is 0. The van der Waals surface area contributed by atoms with Crippen molar-refractivity contribution >= 4 is 11.8 Å². The molecule has 0 spiro atoms. The second-order valence-electron chi connectivity index (χ2n) is 8.26. The lowest BCUT2D eigenvalue weighted by Crippen LogP contribution is -2.46. The van der Waals surface area contributed by atoms with Crippen molar-refractivity contribution in [3.8, 4) is 6.07 Å². The highest BCUT2D eigenvalue weighted by Crippen LogP contribution is 2.30. The van der Waals surface area contributed by atoms with Crippen molar-refractivity contribution in [1.29, 1.82) is 5.26 Å². The standard InChI is InChI=1S/C24H21F6N3O2/c25-23(26,27)15-33(14-17-3-1-16(13-31)2-4-17)22(35)19-9-11-32(12-10-19)21(34)18-5-7-20(8-6-18)24(28,29)30/h1-8,19H,9-12,14-15H2. The summed E-state index contributed by atoms with van der Waals surface area (Å²) in [6.07, 6.45) is -8.87. The zero-order valence-electron chi connectivity index (χ0n) is 18.4. The molecule has 2 aromatic carbocycles. The fourth-order valence-corrected chi connectivity index (χ4v) is 3.91. The Hall–Kier alpha value is -3.55. The van der Waals surface area contributed by atoms with E-state index in [4.69, 9.17) is 5.26 Å². The molecule has 2 amide bonds. The van der Waals surface area contributed by atoms with E-state index in [0.29, 0.717) is 11.1 Å². The van der Waals surface area contributed by atoms with Crippen molar-refractivity contribution in [2.75, 3.05) is 19.6 Å². The third-order valence-corrected chi connectivity index (χ3v) is 5.73. The zero-order valence-corrected chi connectivity index (χ0v) is 18.4. The van der Waals surface area contributed by atoms with Gasteiger partial charge in [0.2, 0.25) is 5.91 Å². The molecule has 1 aliphatic heterocycles. The van der Waals surface area contributed by atoms with Gasteiger partial charge >= 0.3 is 12.4 Å². The predicted octanol–water partition coefficient (Wildman–Crippen LogP) is 5.02. The van der Waals surface area contributed by atoms with Crippen LogP contribution < -0.4 is 0 Å². The molecule has 0 N–H and O–H groups in total. The molecule has 0 radical (unpaired) electrons. The van der Waals surface area contributed by atoms with Crippen molar-refractivity contribution in [1.82, 2.24) is 9.80 Å². The van der Waals surface area contributed by atoms with Gasteiger partial charge in [0.05, 0.1) is 17.2 Å². The first-order valence-corrected chi connectivity index (χ1v) is 10.7. The number of carbonyl (C=O) groups is 2. The zero-order chi connectivity index (χ0) is 25.8. The molecule has 5 nitrogen and oxygen atoms in total. The van der Waals surface area contributed by atoms with Crippen LogP contribution in [-0.4, -0.2) is 47.4 Å². The second kappa shape index (κ2) is 10.4. The normalized spacial score (nSPS) is 14.9. The molecule has 0 unspecified atom stereocenters. The molecule has 35 heavy (non-hydrogen) atoms. The Labute approximate surface area is 197 Å². The summed E-state index contributed by atoms with van der Waals surface area (Å²) in [4.78, 5) is 27.7. The van der Waals surface area contributed by atoms with Crippen molar-refractivity contribution in [3.05, 3.63) is 70.8 Å². The van der Waals surface area contributed by atoms with Crippen LogP contribution in [0.4, 0.5) is 26.3 Å². The molecule has 0 bridgehead atoms. The van der Waals surface area contributed by atoms with Gasteiger partial charge in [-0.2, -0.15) is 31.6 Å². The largest absolute Gasteiger partial charge is 0.416 e. The Morgan fingerprint density at radius 3 is 2.00 bits per heavy atom. The average molecular weight is 497 g/mol. The fraction of sp³-hybridized carbons (Fsp3) is 0.375. The number of alkyl halides is 6. The summed E-state index contributed by atoms with van der Waals surface area (Å²) in [6, 6.07) is 11.6. The molecule has 2 aromatic rings. The number of nitrogens with zero attached hydrogens (tertiary/aromatic N) is 3. The Balaban J connectivity index is 1.64. The lowest BCUT2D eigenvalue weighted by Gasteiger charge is -2.34. The second-order valence-corrected chi connectivity index (χ2v) is 8.26. The molecular formula is C24H21F6N3O2. The predicted molar refractivity (Wildman–Crippen MR) is 113 cm³/mol. The van der Waals surface area contributed by atoms with E-state index in [0.717, 1.165) is 29.2 Å². The van der Waals surface area contributed by atoms with E-state index in [1.165, 1.54) is 29.2 Å². The minimum absolute atomic E-state index is 0.0577. The monoisotopic (exact) mass is 497 g/mol. The van der Waals surface area contributed by atoms with Crippen LogP contribution in [0.3, 0.4) is 0 Å². The SMILES string of the molecule is N#Cc1ccc(CN(CC(F)(F)F)C(=O)C2CCN(C(=O)c3ccc(C(F)(F)F)cc3)CC2)cc1. The molecule has 1 saturated heterocycles. The Bertz CT molecular complexity index is 1080. The summed E-state index contributed by atoms with van der Waals surface area (Å²) in [6.45, 7) is -1.54. The molecule has 186 valence electrons. The van der Waals surface area contributed by atoms with Crippen LogP contribution in [0.15, 0.2) is 48.5 Å². The summed E-state index contributed by atoms with van der Waals surface area (Å²) in [5, 5.41) is 8.86. The van der Waals surface area contributed by atoms with E-state index in [2.05, 4.69) is 0 Å². The van der Waals surface area contributed by atoms with E-state index < -0.39 is 42.2 Å². The number of rotatable bonds is 5. The number of likely N-dealkylation sites (tertiary alicyclic amines) is 1. The number of piperidine rings is 1. The molecule has 1 aliphatic rings. The highest BCUT2D eigenvalue weighted by molar-refractivity contribution is 5.94. The number of carbonyl (C=O) groups excluding carboxylic acids is 2. The Morgan fingerprint density at radius 2 is 1.51 bits per heavy atom. The summed E-state index contributed by atoms with van der Waals surface area (Å²) in [5.74, 6) is -1.92. The van der Waals surface area contributed by atoms with E-state index >= 15 is 0 Å². The minimum atomic E-state index is -4.61. The molecule has 0 aromatic heterocycles. The van der Waals surface area contributed by atoms with Gasteiger partial charge in [-0.15, -0.1) is 0 Å². The topological polar surface area (TPSA) is 64.4 Å². The first-order valence-electron chi connectivity index (χ1n) is 10.7. The maximum atomic E-state index is 13.2. The molecule has 0 atom stereocenters. The first kappa shape index (κ1) is 26.1. The molecule has 1 heterocycles. The van der Waals surface area contributed by atoms with Gasteiger partial charge in [-0.3, -0.25) is 9.59 Å². The minimum Gasteiger partial charge on any atom is -0.339 e. The van der Waals surface area contributed by atoms with Gasteiger partial charge in [-0.25, -0.2) is 0 Å². The van der Waals surface area contributed by atoms with Crippen LogP contribution in [-0.2, 0) is 17.5 Å². The Morgan fingerprint density at radius 1 is 0.943 bits per heavy atom. The summed E-state index contributed by atoms with van der Waals surface area (Å²) in [7, 11) is 0. The van der Waals surface area contributed by atoms with Crippen molar-refractivity contribution < 1.29 is 35.9 Å². The van der Waals surface area contributed by atoms with E-state index in [1.807, 2.05) is 6.07 Å². The van der Waals surface area contributed by atoms with Crippen LogP contribution in [0, 0.1) is 17.2 Å². The van der Waals surface area contributed by atoms with Gasteiger partial charge in [-0.1, -0.05) is 12.1 Å². The fourth-order valence-electron chi connectivity index (χ4n) is 3.91. The summed E-state index contributed by atoms with van der Waals surface area (Å²) < 4.78 is 77.6. The van der Waals surface area contributed by atoms with Crippen LogP contribution in [0.1, 0.15) is 39.9 Å². The van der Waals surface area contributed by atoms with E-state index in [1.54, 1.807) is 0 Å².